The molecule has 1 aromatic rings. The summed E-state index contributed by atoms with van der Waals surface area (Å²) in [5, 5.41) is 0. The summed E-state index contributed by atoms with van der Waals surface area (Å²) in [6.07, 6.45) is -4.40. The molecule has 0 aliphatic carbocycles. The van der Waals surface area contributed by atoms with Gasteiger partial charge in [-0.05, 0) is 30.2 Å². The molecule has 1 aromatic carbocycles. The summed E-state index contributed by atoms with van der Waals surface area (Å²) < 4.78 is 37.4. The first kappa shape index (κ1) is 11.5. The second kappa shape index (κ2) is 3.90. The third kappa shape index (κ3) is 2.72. The average Bonchev–Trinajstić information content (AvgIpc) is 1.99. The van der Waals surface area contributed by atoms with Crippen LogP contribution >= 0.6 is 15.9 Å². The minimum absolute atomic E-state index is 0.0735. The summed E-state index contributed by atoms with van der Waals surface area (Å²) in [7, 11) is 0. The van der Waals surface area contributed by atoms with Gasteiger partial charge in [-0.1, -0.05) is 22.0 Å². The van der Waals surface area contributed by atoms with Gasteiger partial charge in [0, 0.05) is 4.47 Å². The van der Waals surface area contributed by atoms with E-state index in [0.717, 1.165) is 5.56 Å². The van der Waals surface area contributed by atoms with E-state index in [1.54, 1.807) is 13.0 Å². The summed E-state index contributed by atoms with van der Waals surface area (Å²) >= 11 is 3.13. The first-order valence-electron chi connectivity index (χ1n) is 3.90. The fraction of sp³-hybridized carbons (Fsp3) is 0.333. The van der Waals surface area contributed by atoms with Crippen LogP contribution in [0.25, 0.3) is 0 Å². The summed E-state index contributed by atoms with van der Waals surface area (Å²) in [4.78, 5) is 0. The highest BCUT2D eigenvalue weighted by Gasteiger charge is 2.37. The Kier molecular flexibility index (Phi) is 3.21. The molecule has 0 fully saturated rings. The Morgan fingerprint density at radius 3 is 2.29 bits per heavy atom. The number of halogens is 4. The minimum atomic E-state index is -4.40. The predicted molar refractivity (Wildman–Crippen MR) is 51.9 cm³/mol. The van der Waals surface area contributed by atoms with Crippen LogP contribution in [0.4, 0.5) is 13.2 Å². The summed E-state index contributed by atoms with van der Waals surface area (Å²) in [5.41, 5.74) is 5.88. The van der Waals surface area contributed by atoms with Crippen molar-refractivity contribution < 1.29 is 13.2 Å². The third-order valence-corrected chi connectivity index (χ3v) is 2.23. The highest BCUT2D eigenvalue weighted by atomic mass is 79.9. The van der Waals surface area contributed by atoms with Gasteiger partial charge in [0.2, 0.25) is 0 Å². The molecule has 0 radical (unpaired) electrons. The standard InChI is InChI=1S/C9H9BrF3N/c1-5-2-6(4-7(10)3-5)8(14)9(11,12)13/h2-4,8H,14H2,1H3/t8-/m0/s1. The van der Waals surface area contributed by atoms with Gasteiger partial charge in [0.1, 0.15) is 6.04 Å². The summed E-state index contributed by atoms with van der Waals surface area (Å²) in [6.45, 7) is 1.72. The van der Waals surface area contributed by atoms with Crippen molar-refractivity contribution in [3.05, 3.63) is 33.8 Å². The molecular weight excluding hydrogens is 259 g/mol. The van der Waals surface area contributed by atoms with Gasteiger partial charge in [-0.3, -0.25) is 0 Å². The van der Waals surface area contributed by atoms with Crippen LogP contribution in [-0.2, 0) is 0 Å². The molecule has 14 heavy (non-hydrogen) atoms. The van der Waals surface area contributed by atoms with Gasteiger partial charge in [-0.15, -0.1) is 0 Å². The molecule has 0 amide bonds. The topological polar surface area (TPSA) is 26.0 Å². The van der Waals surface area contributed by atoms with Gasteiger partial charge < -0.3 is 5.73 Å². The lowest BCUT2D eigenvalue weighted by Gasteiger charge is -2.16. The molecule has 1 atom stereocenters. The molecule has 0 heterocycles. The fourth-order valence-corrected chi connectivity index (χ4v) is 1.76. The van der Waals surface area contributed by atoms with Crippen molar-refractivity contribution in [2.24, 2.45) is 5.73 Å². The van der Waals surface area contributed by atoms with Crippen LogP contribution in [-0.4, -0.2) is 6.18 Å². The van der Waals surface area contributed by atoms with E-state index in [0.29, 0.717) is 4.47 Å². The number of alkyl halides is 3. The number of benzene rings is 1. The largest absolute Gasteiger partial charge is 0.407 e. The van der Waals surface area contributed by atoms with E-state index in [1.165, 1.54) is 12.1 Å². The predicted octanol–water partition coefficient (Wildman–Crippen LogP) is 3.32. The molecule has 0 saturated carbocycles. The summed E-state index contributed by atoms with van der Waals surface area (Å²) in [5.74, 6) is 0. The smallest absolute Gasteiger partial charge is 0.316 e. The van der Waals surface area contributed by atoms with Crippen molar-refractivity contribution in [3.63, 3.8) is 0 Å². The quantitative estimate of drug-likeness (QED) is 0.830. The Hall–Kier alpha value is -0.550. The van der Waals surface area contributed by atoms with Crippen molar-refractivity contribution in [1.82, 2.24) is 0 Å². The molecular formula is C9H9BrF3N. The minimum Gasteiger partial charge on any atom is -0.316 e. The molecule has 0 saturated heterocycles. The molecule has 0 bridgehead atoms. The number of rotatable bonds is 1. The van der Waals surface area contributed by atoms with E-state index >= 15 is 0 Å². The first-order chi connectivity index (χ1) is 6.30. The number of hydrogen-bond acceptors (Lipinski definition) is 1. The Bertz CT molecular complexity index is 315. The second-order valence-electron chi connectivity index (χ2n) is 3.08. The van der Waals surface area contributed by atoms with E-state index < -0.39 is 12.2 Å². The van der Waals surface area contributed by atoms with Gasteiger partial charge in [-0.25, -0.2) is 0 Å². The van der Waals surface area contributed by atoms with E-state index in [1.807, 2.05) is 0 Å². The molecule has 1 nitrogen and oxygen atoms in total. The lowest BCUT2D eigenvalue weighted by molar-refractivity contribution is -0.149. The van der Waals surface area contributed by atoms with Crippen LogP contribution in [0, 0.1) is 6.92 Å². The average molecular weight is 268 g/mol. The van der Waals surface area contributed by atoms with E-state index in [9.17, 15) is 13.2 Å². The molecule has 5 heteroatoms. The normalized spacial score (nSPS) is 14.1. The number of aryl methyl sites for hydroxylation is 1. The SMILES string of the molecule is Cc1cc(Br)cc([C@H](N)C(F)(F)F)c1. The Morgan fingerprint density at radius 2 is 1.86 bits per heavy atom. The van der Waals surface area contributed by atoms with E-state index in [2.05, 4.69) is 15.9 Å². The molecule has 0 spiro atoms. The Balaban J connectivity index is 3.07. The Morgan fingerprint density at radius 1 is 1.29 bits per heavy atom. The van der Waals surface area contributed by atoms with Crippen molar-refractivity contribution in [3.8, 4) is 0 Å². The molecule has 0 aromatic heterocycles. The number of hydrogen-bond donors (Lipinski definition) is 1. The third-order valence-electron chi connectivity index (χ3n) is 1.78. The molecule has 0 aliphatic rings. The van der Waals surface area contributed by atoms with Crippen LogP contribution in [0.5, 0.6) is 0 Å². The van der Waals surface area contributed by atoms with Gasteiger partial charge >= 0.3 is 6.18 Å². The lowest BCUT2D eigenvalue weighted by atomic mass is 10.1. The zero-order valence-corrected chi connectivity index (χ0v) is 8.98. The molecule has 78 valence electrons. The van der Waals surface area contributed by atoms with Crippen molar-refractivity contribution in [1.29, 1.82) is 0 Å². The van der Waals surface area contributed by atoms with Crippen LogP contribution in [0.2, 0.25) is 0 Å². The van der Waals surface area contributed by atoms with Crippen LogP contribution in [0.3, 0.4) is 0 Å². The van der Waals surface area contributed by atoms with Gasteiger partial charge in [0.05, 0.1) is 0 Å². The maximum absolute atomic E-state index is 12.3. The van der Waals surface area contributed by atoms with Crippen LogP contribution < -0.4 is 5.73 Å². The molecule has 0 aliphatic heterocycles. The zero-order chi connectivity index (χ0) is 10.9. The monoisotopic (exact) mass is 267 g/mol. The maximum atomic E-state index is 12.3. The van der Waals surface area contributed by atoms with Gasteiger partial charge in [-0.2, -0.15) is 13.2 Å². The maximum Gasteiger partial charge on any atom is 0.407 e. The van der Waals surface area contributed by atoms with Crippen LogP contribution in [0.1, 0.15) is 17.2 Å². The van der Waals surface area contributed by atoms with Crippen molar-refractivity contribution in [2.75, 3.05) is 0 Å². The fourth-order valence-electron chi connectivity index (χ4n) is 1.13. The zero-order valence-electron chi connectivity index (χ0n) is 7.40. The Labute approximate surface area is 88.2 Å². The first-order valence-corrected chi connectivity index (χ1v) is 4.69. The van der Waals surface area contributed by atoms with Crippen LogP contribution in [0.15, 0.2) is 22.7 Å². The van der Waals surface area contributed by atoms with Gasteiger partial charge in [0.25, 0.3) is 0 Å². The van der Waals surface area contributed by atoms with E-state index in [-0.39, 0.29) is 5.56 Å². The van der Waals surface area contributed by atoms with Gasteiger partial charge in [0.15, 0.2) is 0 Å². The summed E-state index contributed by atoms with van der Waals surface area (Å²) in [6, 6.07) is 2.62. The highest BCUT2D eigenvalue weighted by molar-refractivity contribution is 9.10. The molecule has 0 unspecified atom stereocenters. The van der Waals surface area contributed by atoms with Crippen molar-refractivity contribution in [2.45, 2.75) is 19.1 Å². The molecule has 1 rings (SSSR count). The highest BCUT2D eigenvalue weighted by Crippen LogP contribution is 2.32. The lowest BCUT2D eigenvalue weighted by Crippen LogP contribution is -2.28. The van der Waals surface area contributed by atoms with E-state index in [4.69, 9.17) is 5.73 Å². The number of nitrogens with two attached hydrogens (primary N) is 1. The second-order valence-corrected chi connectivity index (χ2v) is 4.00. The van der Waals surface area contributed by atoms with Crippen molar-refractivity contribution >= 4 is 15.9 Å². The molecule has 2 N–H and O–H groups in total.